The summed E-state index contributed by atoms with van der Waals surface area (Å²) in [5.41, 5.74) is 2.58. The predicted octanol–water partition coefficient (Wildman–Crippen LogP) is 3.96. The van der Waals surface area contributed by atoms with Crippen LogP contribution in [0.1, 0.15) is 0 Å². The molecular weight excluding hydrogens is 290 g/mol. The summed E-state index contributed by atoms with van der Waals surface area (Å²) in [5.74, 6) is 0. The minimum absolute atomic E-state index is 0.396. The molecule has 0 saturated carbocycles. The lowest BCUT2D eigenvalue weighted by Crippen LogP contribution is -2.03. The summed E-state index contributed by atoms with van der Waals surface area (Å²) >= 11 is 3.56. The Labute approximate surface area is 113 Å². The van der Waals surface area contributed by atoms with Gasteiger partial charge in [-0.05, 0) is 24.3 Å². The molecule has 1 aromatic heterocycles. The van der Waals surface area contributed by atoms with Crippen LogP contribution in [0.15, 0.2) is 46.9 Å². The number of nitrogens with zero attached hydrogens (tertiary/aromatic N) is 1. The molecule has 18 heavy (non-hydrogen) atoms. The molecule has 3 heteroatoms. The molecule has 1 aliphatic rings. The van der Waals surface area contributed by atoms with E-state index in [9.17, 15) is 0 Å². The summed E-state index contributed by atoms with van der Waals surface area (Å²) in [7, 11) is 0. The van der Waals surface area contributed by atoms with Crippen LogP contribution in [0, 0.1) is 0 Å². The van der Waals surface area contributed by atoms with E-state index in [1.807, 2.05) is 0 Å². The van der Waals surface area contributed by atoms with Crippen LogP contribution in [-0.2, 0) is 11.3 Å². The number of rotatable bonds is 2. The lowest BCUT2D eigenvalue weighted by atomic mass is 10.2. The van der Waals surface area contributed by atoms with Crippen molar-refractivity contribution in [1.82, 2.24) is 4.57 Å². The van der Waals surface area contributed by atoms with E-state index in [1.165, 1.54) is 21.8 Å². The fourth-order valence-corrected chi connectivity index (χ4v) is 2.96. The molecule has 90 valence electrons. The molecule has 2 heterocycles. The van der Waals surface area contributed by atoms with Crippen molar-refractivity contribution in [3.05, 3.63) is 46.9 Å². The van der Waals surface area contributed by atoms with Crippen LogP contribution in [0.3, 0.4) is 0 Å². The SMILES string of the molecule is Brc1ccc2c(c1)c1ccccc1n2C[C@@H]1CO1. The number of fused-ring (bicyclic) bond motifs is 3. The van der Waals surface area contributed by atoms with Gasteiger partial charge in [0.2, 0.25) is 0 Å². The highest BCUT2D eigenvalue weighted by molar-refractivity contribution is 9.10. The first kappa shape index (κ1) is 10.6. The van der Waals surface area contributed by atoms with Crippen molar-refractivity contribution in [2.75, 3.05) is 6.61 Å². The van der Waals surface area contributed by atoms with Gasteiger partial charge in [0, 0.05) is 26.3 Å². The highest BCUT2D eigenvalue weighted by atomic mass is 79.9. The third-order valence-corrected chi connectivity index (χ3v) is 4.02. The normalized spacial score (nSPS) is 18.6. The summed E-state index contributed by atoms with van der Waals surface area (Å²) in [6, 6.07) is 15.1. The molecular formula is C15H12BrNO. The molecule has 2 aromatic carbocycles. The van der Waals surface area contributed by atoms with Crippen molar-refractivity contribution in [2.24, 2.45) is 0 Å². The first-order chi connectivity index (χ1) is 8.83. The quantitative estimate of drug-likeness (QED) is 0.655. The standard InChI is InChI=1S/C15H12BrNO/c16-10-5-6-15-13(7-10)12-3-1-2-4-14(12)17(15)8-11-9-18-11/h1-7,11H,8-9H2/t11-/m1/s1. The van der Waals surface area contributed by atoms with Crippen molar-refractivity contribution < 1.29 is 4.74 Å². The smallest absolute Gasteiger partial charge is 0.0988 e. The maximum absolute atomic E-state index is 5.37. The number of para-hydroxylation sites is 1. The minimum atomic E-state index is 0.396. The van der Waals surface area contributed by atoms with Crippen LogP contribution < -0.4 is 0 Å². The van der Waals surface area contributed by atoms with Crippen molar-refractivity contribution in [3.63, 3.8) is 0 Å². The molecule has 0 amide bonds. The summed E-state index contributed by atoms with van der Waals surface area (Å²) in [6.07, 6.45) is 0.396. The Bertz CT molecular complexity index is 743. The molecule has 2 nitrogen and oxygen atoms in total. The van der Waals surface area contributed by atoms with E-state index < -0.39 is 0 Å². The van der Waals surface area contributed by atoms with Crippen LogP contribution in [-0.4, -0.2) is 17.3 Å². The van der Waals surface area contributed by atoms with Crippen molar-refractivity contribution in [3.8, 4) is 0 Å². The van der Waals surface area contributed by atoms with Gasteiger partial charge in [0.1, 0.15) is 0 Å². The Morgan fingerprint density at radius 1 is 1.11 bits per heavy atom. The van der Waals surface area contributed by atoms with Crippen LogP contribution in [0.5, 0.6) is 0 Å². The maximum atomic E-state index is 5.37. The fourth-order valence-electron chi connectivity index (χ4n) is 2.60. The third kappa shape index (κ3) is 1.58. The monoisotopic (exact) mass is 301 g/mol. The van der Waals surface area contributed by atoms with E-state index in [2.05, 4.69) is 63.0 Å². The Morgan fingerprint density at radius 2 is 1.89 bits per heavy atom. The molecule has 0 N–H and O–H groups in total. The van der Waals surface area contributed by atoms with Gasteiger partial charge in [-0.3, -0.25) is 0 Å². The second-order valence-corrected chi connectivity index (χ2v) is 5.66. The van der Waals surface area contributed by atoms with Crippen molar-refractivity contribution >= 4 is 37.7 Å². The number of hydrogen-bond donors (Lipinski definition) is 0. The van der Waals surface area contributed by atoms with Crippen LogP contribution in [0.25, 0.3) is 21.8 Å². The van der Waals surface area contributed by atoms with Gasteiger partial charge in [0.15, 0.2) is 0 Å². The summed E-state index contributed by atoms with van der Waals surface area (Å²) in [5, 5.41) is 2.62. The Balaban J connectivity index is 2.09. The molecule has 0 aliphatic carbocycles. The van der Waals surface area contributed by atoms with E-state index in [1.54, 1.807) is 0 Å². The topological polar surface area (TPSA) is 17.5 Å². The lowest BCUT2D eigenvalue weighted by Gasteiger charge is -2.04. The molecule has 1 aliphatic heterocycles. The Kier molecular flexibility index (Phi) is 2.26. The number of benzene rings is 2. The summed E-state index contributed by atoms with van der Waals surface area (Å²) in [4.78, 5) is 0. The average molecular weight is 302 g/mol. The highest BCUT2D eigenvalue weighted by Gasteiger charge is 2.24. The first-order valence-corrected chi connectivity index (χ1v) is 6.90. The molecule has 1 atom stereocenters. The lowest BCUT2D eigenvalue weighted by molar-refractivity contribution is 0.387. The molecule has 1 saturated heterocycles. The predicted molar refractivity (Wildman–Crippen MR) is 76.9 cm³/mol. The van der Waals surface area contributed by atoms with Gasteiger partial charge in [-0.25, -0.2) is 0 Å². The van der Waals surface area contributed by atoms with Gasteiger partial charge in [-0.2, -0.15) is 0 Å². The Hall–Kier alpha value is -1.32. The first-order valence-electron chi connectivity index (χ1n) is 6.11. The number of aromatic nitrogens is 1. The largest absolute Gasteiger partial charge is 0.371 e. The van der Waals surface area contributed by atoms with E-state index in [0.717, 1.165) is 17.6 Å². The number of epoxide rings is 1. The highest BCUT2D eigenvalue weighted by Crippen LogP contribution is 2.32. The van der Waals surface area contributed by atoms with E-state index in [0.29, 0.717) is 6.10 Å². The maximum Gasteiger partial charge on any atom is 0.0988 e. The van der Waals surface area contributed by atoms with Gasteiger partial charge in [0.25, 0.3) is 0 Å². The van der Waals surface area contributed by atoms with Crippen LogP contribution in [0.4, 0.5) is 0 Å². The van der Waals surface area contributed by atoms with Gasteiger partial charge in [0.05, 0.1) is 19.3 Å². The number of halogens is 1. The van der Waals surface area contributed by atoms with E-state index >= 15 is 0 Å². The minimum Gasteiger partial charge on any atom is -0.371 e. The van der Waals surface area contributed by atoms with E-state index in [4.69, 9.17) is 4.74 Å². The second-order valence-electron chi connectivity index (χ2n) is 4.74. The van der Waals surface area contributed by atoms with Gasteiger partial charge < -0.3 is 9.30 Å². The molecule has 0 bridgehead atoms. The Morgan fingerprint density at radius 3 is 2.72 bits per heavy atom. The van der Waals surface area contributed by atoms with Crippen molar-refractivity contribution in [2.45, 2.75) is 12.6 Å². The zero-order chi connectivity index (χ0) is 12.1. The summed E-state index contributed by atoms with van der Waals surface area (Å²) in [6.45, 7) is 1.84. The average Bonchev–Trinajstić information content (AvgIpc) is 3.15. The molecule has 0 radical (unpaired) electrons. The number of hydrogen-bond acceptors (Lipinski definition) is 1. The number of ether oxygens (including phenoxy) is 1. The zero-order valence-electron chi connectivity index (χ0n) is 9.77. The van der Waals surface area contributed by atoms with Crippen molar-refractivity contribution in [1.29, 1.82) is 0 Å². The fraction of sp³-hybridized carbons (Fsp3) is 0.200. The van der Waals surface area contributed by atoms with Crippen LogP contribution >= 0.6 is 15.9 Å². The second kappa shape index (κ2) is 3.84. The molecule has 4 rings (SSSR count). The summed E-state index contributed by atoms with van der Waals surface area (Å²) < 4.78 is 8.87. The zero-order valence-corrected chi connectivity index (χ0v) is 11.4. The van der Waals surface area contributed by atoms with Crippen LogP contribution in [0.2, 0.25) is 0 Å². The van der Waals surface area contributed by atoms with Gasteiger partial charge >= 0.3 is 0 Å². The molecule has 0 unspecified atom stereocenters. The van der Waals surface area contributed by atoms with Gasteiger partial charge in [-0.15, -0.1) is 0 Å². The molecule has 3 aromatic rings. The molecule has 1 fully saturated rings. The van der Waals surface area contributed by atoms with E-state index in [-0.39, 0.29) is 0 Å². The van der Waals surface area contributed by atoms with Gasteiger partial charge in [-0.1, -0.05) is 34.1 Å². The molecule has 0 spiro atoms. The third-order valence-electron chi connectivity index (χ3n) is 3.52.